The van der Waals surface area contributed by atoms with Gasteiger partial charge >= 0.3 is 0 Å². The highest BCUT2D eigenvalue weighted by molar-refractivity contribution is 7.71. The molecule has 0 aliphatic carbocycles. The van der Waals surface area contributed by atoms with Gasteiger partial charge in [-0.25, -0.2) is 0 Å². The number of aromatic amines is 1. The molecule has 1 amide bonds. The second-order valence-electron chi connectivity index (χ2n) is 6.14. The van der Waals surface area contributed by atoms with E-state index in [9.17, 15) is 9.90 Å². The molecule has 3 rings (SSSR count). The molecule has 0 bridgehead atoms. The number of anilines is 1. The quantitative estimate of drug-likeness (QED) is 0.796. The van der Waals surface area contributed by atoms with Crippen molar-refractivity contribution in [2.45, 2.75) is 26.3 Å². The van der Waals surface area contributed by atoms with Gasteiger partial charge in [-0.1, -0.05) is 19.1 Å². The fourth-order valence-electron chi connectivity index (χ4n) is 3.09. The van der Waals surface area contributed by atoms with E-state index in [4.69, 9.17) is 12.2 Å². The third-order valence-corrected chi connectivity index (χ3v) is 4.77. The number of aryl methyl sites for hydroxylation is 1. The van der Waals surface area contributed by atoms with E-state index in [1.165, 1.54) is 0 Å². The van der Waals surface area contributed by atoms with Gasteiger partial charge in [0.15, 0.2) is 4.77 Å². The molecule has 1 saturated heterocycles. The Balaban J connectivity index is 1.62. The van der Waals surface area contributed by atoms with Crippen LogP contribution in [0.4, 0.5) is 5.69 Å². The van der Waals surface area contributed by atoms with Gasteiger partial charge in [0.25, 0.3) is 0 Å². The number of nitrogens with zero attached hydrogens (tertiary/aromatic N) is 4. The van der Waals surface area contributed by atoms with Crippen molar-refractivity contribution in [3.05, 3.63) is 34.9 Å². The second kappa shape index (κ2) is 7.69. The molecule has 2 heterocycles. The van der Waals surface area contributed by atoms with Crippen molar-refractivity contribution in [2.24, 2.45) is 0 Å². The molecule has 8 heteroatoms. The van der Waals surface area contributed by atoms with Crippen LogP contribution in [0.25, 0.3) is 0 Å². The van der Waals surface area contributed by atoms with Gasteiger partial charge in [0.2, 0.25) is 5.91 Å². The third-order valence-electron chi connectivity index (χ3n) is 4.46. The summed E-state index contributed by atoms with van der Waals surface area (Å²) in [5, 5.41) is 17.0. The number of carbonyl (C=O) groups is 1. The lowest BCUT2D eigenvalue weighted by atomic mass is 10.2. The number of aromatic nitrogens is 3. The summed E-state index contributed by atoms with van der Waals surface area (Å²) in [6.07, 6.45) is 1.74. The van der Waals surface area contributed by atoms with E-state index in [1.54, 1.807) is 16.7 Å². The molecular formula is C17H23N5O2S. The molecule has 1 aromatic carbocycles. The number of hydrogen-bond donors (Lipinski definition) is 2. The highest BCUT2D eigenvalue weighted by atomic mass is 32.1. The van der Waals surface area contributed by atoms with E-state index in [0.29, 0.717) is 31.0 Å². The monoisotopic (exact) mass is 361 g/mol. The minimum atomic E-state index is 0.0480. The molecule has 2 N–H and O–H groups in total. The van der Waals surface area contributed by atoms with E-state index in [2.05, 4.69) is 22.0 Å². The Labute approximate surface area is 151 Å². The van der Waals surface area contributed by atoms with Gasteiger partial charge in [-0.3, -0.25) is 14.5 Å². The summed E-state index contributed by atoms with van der Waals surface area (Å²) in [5.74, 6) is 1.15. The predicted octanol–water partition coefficient (Wildman–Crippen LogP) is 1.95. The maximum absolute atomic E-state index is 12.6. The van der Waals surface area contributed by atoms with Gasteiger partial charge in [0.05, 0.1) is 5.69 Å². The number of para-hydroxylation sites is 2. The number of nitrogens with one attached hydrogen (secondary N) is 1. The number of phenolic OH excluding ortho intramolecular Hbond substituents is 1. The van der Waals surface area contributed by atoms with Crippen LogP contribution in [-0.2, 0) is 17.8 Å². The Morgan fingerprint density at radius 1 is 1.28 bits per heavy atom. The van der Waals surface area contributed by atoms with Crippen LogP contribution in [0.15, 0.2) is 24.3 Å². The maximum atomic E-state index is 12.6. The molecule has 0 atom stereocenters. The van der Waals surface area contributed by atoms with Crippen LogP contribution in [0.1, 0.15) is 19.2 Å². The normalized spacial score (nSPS) is 14.8. The highest BCUT2D eigenvalue weighted by Crippen LogP contribution is 2.27. The lowest BCUT2D eigenvalue weighted by Gasteiger charge is -2.36. The molecule has 1 fully saturated rings. The van der Waals surface area contributed by atoms with E-state index in [-0.39, 0.29) is 18.2 Å². The number of amides is 1. The van der Waals surface area contributed by atoms with Gasteiger partial charge in [-0.05, 0) is 30.8 Å². The number of hydrogen-bond acceptors (Lipinski definition) is 5. The van der Waals surface area contributed by atoms with Gasteiger partial charge < -0.3 is 14.9 Å². The summed E-state index contributed by atoms with van der Waals surface area (Å²) in [6, 6.07) is 7.29. The van der Waals surface area contributed by atoms with E-state index < -0.39 is 0 Å². The number of phenols is 1. The summed E-state index contributed by atoms with van der Waals surface area (Å²) in [7, 11) is 0. The first-order valence-electron chi connectivity index (χ1n) is 8.55. The molecule has 1 aromatic heterocycles. The Hall–Kier alpha value is -2.35. The van der Waals surface area contributed by atoms with Crippen molar-refractivity contribution < 1.29 is 9.90 Å². The van der Waals surface area contributed by atoms with Crippen LogP contribution >= 0.6 is 12.2 Å². The zero-order chi connectivity index (χ0) is 17.8. The van der Waals surface area contributed by atoms with Crippen LogP contribution in [0.2, 0.25) is 0 Å². The largest absolute Gasteiger partial charge is 0.506 e. The first-order valence-corrected chi connectivity index (χ1v) is 8.95. The van der Waals surface area contributed by atoms with Crippen molar-refractivity contribution in [1.82, 2.24) is 19.7 Å². The topological polar surface area (TPSA) is 77.4 Å². The summed E-state index contributed by atoms with van der Waals surface area (Å²) in [6.45, 7) is 4.94. The van der Waals surface area contributed by atoms with Crippen LogP contribution in [0, 0.1) is 4.77 Å². The molecule has 0 saturated carbocycles. The summed E-state index contributed by atoms with van der Waals surface area (Å²) < 4.78 is 2.28. The Bertz CT molecular complexity index is 792. The maximum Gasteiger partial charge on any atom is 0.242 e. The number of benzene rings is 1. The first-order chi connectivity index (χ1) is 12.1. The Kier molecular flexibility index (Phi) is 5.37. The molecule has 2 aromatic rings. The number of aromatic hydroxyl groups is 1. The average Bonchev–Trinajstić information content (AvgIpc) is 2.96. The summed E-state index contributed by atoms with van der Waals surface area (Å²) in [4.78, 5) is 16.6. The van der Waals surface area contributed by atoms with E-state index in [0.717, 1.165) is 24.4 Å². The Morgan fingerprint density at radius 3 is 2.68 bits per heavy atom. The van der Waals surface area contributed by atoms with Crippen LogP contribution in [0.3, 0.4) is 0 Å². The minimum Gasteiger partial charge on any atom is -0.506 e. The van der Waals surface area contributed by atoms with Gasteiger partial charge in [0.1, 0.15) is 18.1 Å². The predicted molar refractivity (Wildman–Crippen MR) is 98.3 cm³/mol. The molecule has 0 radical (unpaired) electrons. The van der Waals surface area contributed by atoms with Crippen molar-refractivity contribution >= 4 is 23.8 Å². The minimum absolute atomic E-state index is 0.0480. The summed E-state index contributed by atoms with van der Waals surface area (Å²) in [5.41, 5.74) is 0.817. The number of H-pyrrole nitrogens is 1. The number of carbonyl (C=O) groups excluding carboxylic acids is 1. The molecule has 7 nitrogen and oxygen atoms in total. The smallest absolute Gasteiger partial charge is 0.242 e. The molecule has 0 spiro atoms. The van der Waals surface area contributed by atoms with Crippen molar-refractivity contribution in [3.63, 3.8) is 0 Å². The average molecular weight is 361 g/mol. The number of rotatable bonds is 5. The van der Waals surface area contributed by atoms with Crippen LogP contribution < -0.4 is 4.90 Å². The fraction of sp³-hybridized carbons (Fsp3) is 0.471. The molecule has 1 aliphatic heterocycles. The SMILES string of the molecule is CCCc1n[nH]c(=S)n1CC(=O)N1CCN(c2ccccc2O)CC1. The van der Waals surface area contributed by atoms with Crippen LogP contribution in [0.5, 0.6) is 5.75 Å². The van der Waals surface area contributed by atoms with Crippen molar-refractivity contribution in [1.29, 1.82) is 0 Å². The molecule has 25 heavy (non-hydrogen) atoms. The Morgan fingerprint density at radius 2 is 2.00 bits per heavy atom. The molecule has 0 unspecified atom stereocenters. The fourth-order valence-corrected chi connectivity index (χ4v) is 3.31. The van der Waals surface area contributed by atoms with Crippen molar-refractivity contribution in [2.75, 3.05) is 31.1 Å². The van der Waals surface area contributed by atoms with E-state index >= 15 is 0 Å². The van der Waals surface area contributed by atoms with Gasteiger partial charge in [-0.15, -0.1) is 0 Å². The van der Waals surface area contributed by atoms with Crippen LogP contribution in [-0.4, -0.2) is 56.9 Å². The van der Waals surface area contributed by atoms with Gasteiger partial charge in [0, 0.05) is 32.6 Å². The highest BCUT2D eigenvalue weighted by Gasteiger charge is 2.23. The number of piperazine rings is 1. The first kappa shape index (κ1) is 17.5. The standard InChI is InChI=1S/C17H23N5O2S/c1-2-5-15-18-19-17(25)22(15)12-16(24)21-10-8-20(9-11-21)13-6-3-4-7-14(13)23/h3-4,6-7,23H,2,5,8-12H2,1H3,(H,19,25). The van der Waals surface area contributed by atoms with Gasteiger partial charge in [-0.2, -0.15) is 5.10 Å². The van der Waals surface area contributed by atoms with Crippen molar-refractivity contribution in [3.8, 4) is 5.75 Å². The lowest BCUT2D eigenvalue weighted by Crippen LogP contribution is -2.49. The second-order valence-corrected chi connectivity index (χ2v) is 6.52. The molecular weight excluding hydrogens is 338 g/mol. The summed E-state index contributed by atoms with van der Waals surface area (Å²) >= 11 is 5.24. The molecule has 134 valence electrons. The molecule has 1 aliphatic rings. The zero-order valence-electron chi connectivity index (χ0n) is 14.3. The lowest BCUT2D eigenvalue weighted by molar-refractivity contribution is -0.132. The van der Waals surface area contributed by atoms with E-state index in [1.807, 2.05) is 17.0 Å². The third kappa shape index (κ3) is 3.84. The zero-order valence-corrected chi connectivity index (χ0v) is 15.1.